The molecule has 0 aromatic carbocycles. The fraction of sp³-hybridized carbons (Fsp3) is 1.00. The summed E-state index contributed by atoms with van der Waals surface area (Å²) in [5.74, 6) is 0. The van der Waals surface area contributed by atoms with Gasteiger partial charge in [-0.05, 0) is 32.7 Å². The molecule has 1 atom stereocenters. The van der Waals surface area contributed by atoms with E-state index < -0.39 is 0 Å². The Balaban J connectivity index is 3.45. The lowest BCUT2D eigenvalue weighted by atomic mass is 10.2. The average molecular weight is 292 g/mol. The smallest absolute Gasteiger partial charge is 0.104 e. The molecule has 20 heavy (non-hydrogen) atoms. The van der Waals surface area contributed by atoms with Crippen molar-refractivity contribution in [3.63, 3.8) is 0 Å². The Morgan fingerprint density at radius 1 is 0.750 bits per heavy atom. The monoisotopic (exact) mass is 292 g/mol. The Morgan fingerprint density at radius 2 is 1.45 bits per heavy atom. The first-order valence-corrected chi connectivity index (χ1v) is 7.60. The van der Waals surface area contributed by atoms with Crippen LogP contribution in [0.3, 0.4) is 0 Å². The van der Waals surface area contributed by atoms with Crippen LogP contribution in [0.4, 0.5) is 0 Å². The summed E-state index contributed by atoms with van der Waals surface area (Å²) >= 11 is 0. The van der Waals surface area contributed by atoms with Gasteiger partial charge in [-0.2, -0.15) is 0 Å². The fourth-order valence-corrected chi connectivity index (χ4v) is 1.64. The zero-order chi connectivity index (χ0) is 14.9. The van der Waals surface area contributed by atoms with Crippen molar-refractivity contribution in [1.29, 1.82) is 0 Å². The molecule has 0 aliphatic rings. The quantitative estimate of drug-likeness (QED) is 0.403. The van der Waals surface area contributed by atoms with E-state index in [0.29, 0.717) is 46.2 Å². The maximum Gasteiger partial charge on any atom is 0.104 e. The zero-order valence-corrected chi connectivity index (χ0v) is 12.9. The van der Waals surface area contributed by atoms with Gasteiger partial charge >= 0.3 is 0 Å². The average Bonchev–Trinajstić information content (AvgIpc) is 2.46. The highest BCUT2D eigenvalue weighted by molar-refractivity contribution is 4.55. The van der Waals surface area contributed by atoms with Crippen LogP contribution >= 0.6 is 0 Å². The van der Waals surface area contributed by atoms with Crippen molar-refractivity contribution in [2.45, 2.75) is 32.3 Å². The highest BCUT2D eigenvalue weighted by atomic mass is 16.6. The van der Waals surface area contributed by atoms with E-state index in [4.69, 9.17) is 30.4 Å². The highest BCUT2D eigenvalue weighted by Gasteiger charge is 2.08. The van der Waals surface area contributed by atoms with E-state index in [9.17, 15) is 0 Å². The normalized spacial score (nSPS) is 12.8. The third-order valence-electron chi connectivity index (χ3n) is 2.64. The molecule has 0 aliphatic carbocycles. The zero-order valence-electron chi connectivity index (χ0n) is 12.9. The summed E-state index contributed by atoms with van der Waals surface area (Å²) in [5, 5.41) is 0. The Morgan fingerprint density at radius 3 is 2.10 bits per heavy atom. The van der Waals surface area contributed by atoms with Crippen LogP contribution in [0.2, 0.25) is 0 Å². The molecule has 4 N–H and O–H groups in total. The number of hydrogen-bond acceptors (Lipinski definition) is 6. The van der Waals surface area contributed by atoms with E-state index in [-0.39, 0.29) is 6.10 Å². The van der Waals surface area contributed by atoms with Gasteiger partial charge in [0.2, 0.25) is 0 Å². The minimum atomic E-state index is -0.0102. The van der Waals surface area contributed by atoms with Crippen LogP contribution in [0.25, 0.3) is 0 Å². The van der Waals surface area contributed by atoms with E-state index in [0.717, 1.165) is 32.4 Å². The van der Waals surface area contributed by atoms with Crippen LogP contribution in [-0.4, -0.2) is 65.4 Å². The van der Waals surface area contributed by atoms with E-state index in [2.05, 4.69) is 0 Å². The molecule has 0 saturated heterocycles. The lowest BCUT2D eigenvalue weighted by Crippen LogP contribution is -2.27. The summed E-state index contributed by atoms with van der Waals surface area (Å²) in [6.07, 6.45) is 3.21. The minimum absolute atomic E-state index is 0.0102. The molecule has 0 amide bonds. The number of rotatable bonds is 16. The molecule has 0 aromatic rings. The van der Waals surface area contributed by atoms with E-state index in [1.165, 1.54) is 0 Å². The van der Waals surface area contributed by atoms with Crippen LogP contribution < -0.4 is 11.5 Å². The largest absolute Gasteiger partial charge is 0.379 e. The topological polar surface area (TPSA) is 89.0 Å². The standard InChI is InChI=1S/C14H32N2O4/c1-2-20-14(12-18-8-5-3-4-6-15)13-19-11-10-17-9-7-16/h14H,2-13,15-16H2,1H3. The molecule has 6 heteroatoms. The van der Waals surface area contributed by atoms with Gasteiger partial charge in [-0.15, -0.1) is 0 Å². The molecule has 0 fully saturated rings. The van der Waals surface area contributed by atoms with Crippen molar-refractivity contribution in [3.05, 3.63) is 0 Å². The van der Waals surface area contributed by atoms with Crippen LogP contribution in [-0.2, 0) is 18.9 Å². The van der Waals surface area contributed by atoms with Crippen LogP contribution in [0.1, 0.15) is 26.2 Å². The van der Waals surface area contributed by atoms with Crippen molar-refractivity contribution >= 4 is 0 Å². The summed E-state index contributed by atoms with van der Waals surface area (Å²) in [7, 11) is 0. The Labute approximate surface area is 123 Å². The summed E-state index contributed by atoms with van der Waals surface area (Å²) in [6.45, 7) is 7.47. The van der Waals surface area contributed by atoms with Crippen LogP contribution in [0.15, 0.2) is 0 Å². The van der Waals surface area contributed by atoms with Crippen LogP contribution in [0.5, 0.6) is 0 Å². The molecular formula is C14H32N2O4. The number of ether oxygens (including phenoxy) is 4. The molecule has 0 aromatic heterocycles. The number of hydrogen-bond donors (Lipinski definition) is 2. The molecule has 1 unspecified atom stereocenters. The molecule has 6 nitrogen and oxygen atoms in total. The SMILES string of the molecule is CCOC(COCCCCCN)COCCOCCN. The first kappa shape index (κ1) is 19.8. The van der Waals surface area contributed by atoms with Gasteiger partial charge < -0.3 is 30.4 Å². The van der Waals surface area contributed by atoms with Gasteiger partial charge in [0.05, 0.1) is 33.0 Å². The Hall–Kier alpha value is -0.240. The van der Waals surface area contributed by atoms with Gasteiger partial charge in [0.15, 0.2) is 0 Å². The maximum absolute atomic E-state index is 5.60. The van der Waals surface area contributed by atoms with Gasteiger partial charge in [0.1, 0.15) is 6.10 Å². The molecular weight excluding hydrogens is 260 g/mol. The summed E-state index contributed by atoms with van der Waals surface area (Å²) in [6, 6.07) is 0. The van der Waals surface area contributed by atoms with Crippen LogP contribution in [0, 0.1) is 0 Å². The molecule has 0 saturated carbocycles. The van der Waals surface area contributed by atoms with Crippen molar-refractivity contribution in [3.8, 4) is 0 Å². The lowest BCUT2D eigenvalue weighted by molar-refractivity contribution is -0.0638. The van der Waals surface area contributed by atoms with E-state index in [1.807, 2.05) is 6.92 Å². The Kier molecular flexibility index (Phi) is 16.6. The second-order valence-electron chi connectivity index (χ2n) is 4.48. The van der Waals surface area contributed by atoms with E-state index in [1.54, 1.807) is 0 Å². The summed E-state index contributed by atoms with van der Waals surface area (Å²) in [4.78, 5) is 0. The maximum atomic E-state index is 5.60. The van der Waals surface area contributed by atoms with E-state index >= 15 is 0 Å². The first-order chi connectivity index (χ1) is 9.85. The molecule has 0 rings (SSSR count). The van der Waals surface area contributed by atoms with Gasteiger partial charge in [-0.1, -0.05) is 0 Å². The van der Waals surface area contributed by atoms with Gasteiger partial charge in [-0.3, -0.25) is 0 Å². The lowest BCUT2D eigenvalue weighted by Gasteiger charge is -2.17. The third-order valence-corrected chi connectivity index (χ3v) is 2.64. The van der Waals surface area contributed by atoms with Crippen molar-refractivity contribution in [2.75, 3.05) is 59.3 Å². The first-order valence-electron chi connectivity index (χ1n) is 7.60. The molecule has 0 heterocycles. The van der Waals surface area contributed by atoms with Crippen molar-refractivity contribution < 1.29 is 18.9 Å². The number of unbranched alkanes of at least 4 members (excludes halogenated alkanes) is 2. The van der Waals surface area contributed by atoms with Crippen molar-refractivity contribution in [2.24, 2.45) is 11.5 Å². The third kappa shape index (κ3) is 14.2. The predicted octanol–water partition coefficient (Wildman–Crippen LogP) is 0.529. The van der Waals surface area contributed by atoms with Gasteiger partial charge in [-0.25, -0.2) is 0 Å². The molecule has 0 spiro atoms. The highest BCUT2D eigenvalue weighted by Crippen LogP contribution is 1.99. The van der Waals surface area contributed by atoms with Gasteiger partial charge in [0.25, 0.3) is 0 Å². The van der Waals surface area contributed by atoms with Crippen molar-refractivity contribution in [1.82, 2.24) is 0 Å². The predicted molar refractivity (Wildman–Crippen MR) is 79.8 cm³/mol. The molecule has 0 bridgehead atoms. The molecule has 122 valence electrons. The molecule has 0 radical (unpaired) electrons. The second-order valence-corrected chi connectivity index (χ2v) is 4.48. The summed E-state index contributed by atoms with van der Waals surface area (Å²) in [5.41, 5.74) is 10.8. The summed E-state index contributed by atoms with van der Waals surface area (Å²) < 4.78 is 21.9. The fourth-order valence-electron chi connectivity index (χ4n) is 1.64. The minimum Gasteiger partial charge on any atom is -0.379 e. The molecule has 0 aliphatic heterocycles. The second kappa shape index (κ2) is 16.8. The Bertz CT molecular complexity index is 169. The number of nitrogens with two attached hydrogens (primary N) is 2. The van der Waals surface area contributed by atoms with Gasteiger partial charge in [0, 0.05) is 19.8 Å².